The summed E-state index contributed by atoms with van der Waals surface area (Å²) in [6.07, 6.45) is -5.91. The summed E-state index contributed by atoms with van der Waals surface area (Å²) < 4.78 is 46.1. The molecule has 1 heterocycles. The largest absolute Gasteiger partial charge is 0.481 e. The lowest BCUT2D eigenvalue weighted by Crippen LogP contribution is -2.48. The number of nitrogens with one attached hydrogen (secondary N) is 1. The minimum atomic E-state index is -4.87. The number of carboxylic acids is 1. The van der Waals surface area contributed by atoms with Crippen LogP contribution in [0, 0.1) is 23.7 Å². The molecule has 1 saturated heterocycles. The molecule has 2 aromatic carbocycles. The third kappa shape index (κ3) is 4.21. The zero-order chi connectivity index (χ0) is 24.9. The smallest absolute Gasteiger partial charge is 0.407 e. The highest BCUT2D eigenvalue weighted by Gasteiger charge is 2.62. The Morgan fingerprint density at radius 1 is 1.00 bits per heavy atom. The van der Waals surface area contributed by atoms with E-state index in [9.17, 15) is 27.6 Å². The fraction of sp³-hybridized carbons (Fsp3) is 0.400. The number of aliphatic carboxylic acids is 1. The maximum absolute atomic E-state index is 13.6. The quantitative estimate of drug-likeness (QED) is 0.649. The Kier molecular flexibility index (Phi) is 5.69. The highest BCUT2D eigenvalue weighted by Crippen LogP contribution is 2.52. The maximum Gasteiger partial charge on any atom is 0.407 e. The van der Waals surface area contributed by atoms with Gasteiger partial charge in [-0.2, -0.15) is 13.2 Å². The number of carboxylic acid groups (broad SMARTS) is 1. The Morgan fingerprint density at radius 2 is 1.54 bits per heavy atom. The number of nitrogens with zero attached hydrogens (tertiary/aromatic N) is 1. The van der Waals surface area contributed by atoms with Crippen LogP contribution in [0.4, 0.5) is 18.0 Å². The van der Waals surface area contributed by atoms with Crippen molar-refractivity contribution >= 4 is 18.0 Å². The van der Waals surface area contributed by atoms with E-state index in [4.69, 9.17) is 9.84 Å². The minimum Gasteiger partial charge on any atom is -0.481 e. The standard InChI is InChI=1S/C25H23F3N2O5/c26-25(27,28)20(22(31)30-10-17-18(11-30)21(17)23(32)33)9-29-24(34)35-12-19-15-7-3-1-5-13(15)14-6-2-4-8-16(14)19/h1-8,17-21H,9-12H2,(H,29,34)(H,32,33)/t17-,18+,20?,21?. The number of carbonyl (C=O) groups is 3. The first-order valence-corrected chi connectivity index (χ1v) is 11.3. The molecule has 1 aliphatic heterocycles. The van der Waals surface area contributed by atoms with Crippen LogP contribution in [-0.2, 0) is 14.3 Å². The number of benzene rings is 2. The number of fused-ring (bicyclic) bond motifs is 4. The predicted molar refractivity (Wildman–Crippen MR) is 117 cm³/mol. The van der Waals surface area contributed by atoms with Crippen LogP contribution in [0.1, 0.15) is 17.0 Å². The van der Waals surface area contributed by atoms with Gasteiger partial charge in [0, 0.05) is 25.6 Å². The van der Waals surface area contributed by atoms with E-state index in [0.717, 1.165) is 27.2 Å². The Balaban J connectivity index is 1.18. The van der Waals surface area contributed by atoms with E-state index in [1.807, 2.05) is 48.5 Å². The number of carbonyl (C=O) groups excluding carboxylic acids is 2. The molecule has 10 heteroatoms. The van der Waals surface area contributed by atoms with Crippen LogP contribution < -0.4 is 5.32 Å². The van der Waals surface area contributed by atoms with Crippen molar-refractivity contribution in [2.75, 3.05) is 26.2 Å². The Hall–Kier alpha value is -3.56. The van der Waals surface area contributed by atoms with E-state index < -0.39 is 42.5 Å². The summed E-state index contributed by atoms with van der Waals surface area (Å²) in [6.45, 7) is -1.04. The molecule has 2 amide bonds. The Bertz CT molecular complexity index is 1130. The third-order valence-electron chi connectivity index (χ3n) is 7.28. The molecule has 0 radical (unpaired) electrons. The van der Waals surface area contributed by atoms with Crippen molar-refractivity contribution in [2.24, 2.45) is 23.7 Å². The van der Waals surface area contributed by atoms with E-state index in [1.165, 1.54) is 0 Å². The molecule has 2 aromatic rings. The molecule has 0 spiro atoms. The molecule has 3 aliphatic rings. The number of piperidine rings is 1. The van der Waals surface area contributed by atoms with Crippen molar-refractivity contribution in [3.63, 3.8) is 0 Å². The fourth-order valence-electron chi connectivity index (χ4n) is 5.47. The summed E-state index contributed by atoms with van der Waals surface area (Å²) in [7, 11) is 0. The van der Waals surface area contributed by atoms with Crippen LogP contribution >= 0.6 is 0 Å². The second-order valence-electron chi connectivity index (χ2n) is 9.24. The van der Waals surface area contributed by atoms with Crippen LogP contribution in [0.2, 0.25) is 0 Å². The lowest BCUT2D eigenvalue weighted by Gasteiger charge is -2.27. The molecule has 2 fully saturated rings. The van der Waals surface area contributed by atoms with Gasteiger partial charge >= 0.3 is 18.2 Å². The Labute approximate surface area is 198 Å². The van der Waals surface area contributed by atoms with Gasteiger partial charge in [0.15, 0.2) is 5.92 Å². The van der Waals surface area contributed by atoms with Gasteiger partial charge in [0.2, 0.25) is 5.91 Å². The van der Waals surface area contributed by atoms with Gasteiger partial charge in [-0.1, -0.05) is 48.5 Å². The molecule has 5 rings (SSSR count). The number of ether oxygens (including phenoxy) is 1. The molecule has 4 atom stereocenters. The number of likely N-dealkylation sites (tertiary alicyclic amines) is 1. The second-order valence-corrected chi connectivity index (χ2v) is 9.24. The van der Waals surface area contributed by atoms with Crippen molar-refractivity contribution in [2.45, 2.75) is 12.1 Å². The molecule has 0 bridgehead atoms. The van der Waals surface area contributed by atoms with Crippen LogP contribution in [-0.4, -0.2) is 60.4 Å². The zero-order valence-electron chi connectivity index (χ0n) is 18.5. The summed E-state index contributed by atoms with van der Waals surface area (Å²) >= 11 is 0. The van der Waals surface area contributed by atoms with E-state index in [1.54, 1.807) is 0 Å². The summed E-state index contributed by atoms with van der Waals surface area (Å²) in [5, 5.41) is 11.2. The lowest BCUT2D eigenvalue weighted by atomic mass is 9.98. The molecular formula is C25H23F3N2O5. The monoisotopic (exact) mass is 488 g/mol. The molecule has 184 valence electrons. The van der Waals surface area contributed by atoms with E-state index in [-0.39, 0.29) is 37.5 Å². The van der Waals surface area contributed by atoms with Gasteiger partial charge in [-0.3, -0.25) is 9.59 Å². The van der Waals surface area contributed by atoms with Gasteiger partial charge in [0.25, 0.3) is 0 Å². The number of alkyl carbamates (subject to hydrolysis) is 1. The minimum absolute atomic E-state index is 0.0159. The number of hydrogen-bond acceptors (Lipinski definition) is 4. The normalized spacial score (nSPS) is 23.2. The molecule has 2 aliphatic carbocycles. The SMILES string of the molecule is O=C(NCC(C(=O)N1C[C@@H]2C(C(=O)O)[C@@H]2C1)C(F)(F)F)OCC1c2ccccc2-c2ccccc21. The van der Waals surface area contributed by atoms with Crippen LogP contribution in [0.5, 0.6) is 0 Å². The maximum atomic E-state index is 13.6. The van der Waals surface area contributed by atoms with Gasteiger partial charge < -0.3 is 20.1 Å². The van der Waals surface area contributed by atoms with Gasteiger partial charge in [-0.25, -0.2) is 4.79 Å². The summed E-state index contributed by atoms with van der Waals surface area (Å²) in [6, 6.07) is 15.3. The van der Waals surface area contributed by atoms with Crippen molar-refractivity contribution in [3.05, 3.63) is 59.7 Å². The highest BCUT2D eigenvalue weighted by atomic mass is 19.4. The molecule has 2 N–H and O–H groups in total. The summed E-state index contributed by atoms with van der Waals surface area (Å²) in [4.78, 5) is 37.0. The van der Waals surface area contributed by atoms with Crippen LogP contribution in [0.3, 0.4) is 0 Å². The third-order valence-corrected chi connectivity index (χ3v) is 7.28. The van der Waals surface area contributed by atoms with Gasteiger partial charge in [0.05, 0.1) is 5.92 Å². The zero-order valence-corrected chi connectivity index (χ0v) is 18.5. The summed E-state index contributed by atoms with van der Waals surface area (Å²) in [5.41, 5.74) is 3.98. The molecule has 7 nitrogen and oxygen atoms in total. The number of rotatable bonds is 6. The summed E-state index contributed by atoms with van der Waals surface area (Å²) in [5.74, 6) is -6.03. The predicted octanol–water partition coefficient (Wildman–Crippen LogP) is 3.49. The van der Waals surface area contributed by atoms with Crippen molar-refractivity contribution in [1.29, 1.82) is 0 Å². The highest BCUT2D eigenvalue weighted by molar-refractivity contribution is 5.83. The van der Waals surface area contributed by atoms with Crippen LogP contribution in [0.15, 0.2) is 48.5 Å². The first-order valence-electron chi connectivity index (χ1n) is 11.3. The molecule has 0 aromatic heterocycles. The van der Waals surface area contributed by atoms with Crippen molar-refractivity contribution in [3.8, 4) is 11.1 Å². The average Bonchev–Trinajstić information content (AvgIpc) is 3.17. The van der Waals surface area contributed by atoms with Crippen molar-refractivity contribution in [1.82, 2.24) is 10.2 Å². The second kappa shape index (κ2) is 8.58. The lowest BCUT2D eigenvalue weighted by molar-refractivity contribution is -0.187. The molecule has 1 saturated carbocycles. The fourth-order valence-corrected chi connectivity index (χ4v) is 5.47. The van der Waals surface area contributed by atoms with E-state index in [2.05, 4.69) is 5.32 Å². The first kappa shape index (κ1) is 23.2. The van der Waals surface area contributed by atoms with Crippen LogP contribution in [0.25, 0.3) is 11.1 Å². The molecular weight excluding hydrogens is 465 g/mol. The molecule has 35 heavy (non-hydrogen) atoms. The van der Waals surface area contributed by atoms with Gasteiger partial charge in [-0.05, 0) is 34.1 Å². The first-order chi connectivity index (χ1) is 16.7. The topological polar surface area (TPSA) is 95.9 Å². The van der Waals surface area contributed by atoms with E-state index in [0.29, 0.717) is 0 Å². The van der Waals surface area contributed by atoms with E-state index >= 15 is 0 Å². The number of halogens is 3. The average molecular weight is 488 g/mol. The van der Waals surface area contributed by atoms with Crippen molar-refractivity contribution < 1.29 is 37.4 Å². The van der Waals surface area contributed by atoms with Gasteiger partial charge in [0.1, 0.15) is 6.61 Å². The molecule has 2 unspecified atom stereocenters. The number of alkyl halides is 3. The number of hydrogen-bond donors (Lipinski definition) is 2. The number of amides is 2. The van der Waals surface area contributed by atoms with Gasteiger partial charge in [-0.15, -0.1) is 0 Å². The Morgan fingerprint density at radius 3 is 2.06 bits per heavy atom.